The number of aliphatic hydroxyl groups is 1. The molecule has 3 nitrogen and oxygen atoms in total. The van der Waals surface area contributed by atoms with Crippen LogP contribution in [0.3, 0.4) is 0 Å². The first kappa shape index (κ1) is 13.6. The van der Waals surface area contributed by atoms with Gasteiger partial charge in [-0.1, -0.05) is 30.3 Å². The lowest BCUT2D eigenvalue weighted by Gasteiger charge is -2.16. The Morgan fingerprint density at radius 2 is 1.79 bits per heavy atom. The third kappa shape index (κ3) is 3.16. The topological polar surface area (TPSA) is 59.1 Å². The van der Waals surface area contributed by atoms with E-state index in [1.807, 2.05) is 31.2 Å². The van der Waals surface area contributed by atoms with Crippen molar-refractivity contribution < 1.29 is 9.50 Å². The Hall–Kier alpha value is -1.78. The molecule has 3 N–H and O–H groups in total. The van der Waals surface area contributed by atoms with Gasteiger partial charge in [-0.05, 0) is 24.1 Å². The zero-order chi connectivity index (χ0) is 13.8. The number of alkyl halides is 1. The number of benzene rings is 1. The van der Waals surface area contributed by atoms with Crippen molar-refractivity contribution >= 4 is 0 Å². The van der Waals surface area contributed by atoms with Crippen molar-refractivity contribution in [3.05, 3.63) is 53.9 Å². The first-order valence-electron chi connectivity index (χ1n) is 6.14. The fourth-order valence-corrected chi connectivity index (χ4v) is 1.84. The molecular weight excluding hydrogens is 243 g/mol. The van der Waals surface area contributed by atoms with Gasteiger partial charge in [0.2, 0.25) is 0 Å². The summed E-state index contributed by atoms with van der Waals surface area (Å²) >= 11 is 0. The van der Waals surface area contributed by atoms with Crippen LogP contribution in [0.2, 0.25) is 0 Å². The first-order valence-corrected chi connectivity index (χ1v) is 6.14. The number of rotatable bonds is 4. The van der Waals surface area contributed by atoms with Gasteiger partial charge in [-0.3, -0.25) is 4.98 Å². The summed E-state index contributed by atoms with van der Waals surface area (Å²) in [5.41, 5.74) is 9.06. The molecule has 2 unspecified atom stereocenters. The maximum Gasteiger partial charge on any atom is 0.107 e. The molecule has 2 aromatic rings. The molecule has 0 aliphatic rings. The number of aryl methyl sites for hydroxylation is 1. The van der Waals surface area contributed by atoms with E-state index in [0.29, 0.717) is 5.56 Å². The van der Waals surface area contributed by atoms with Crippen molar-refractivity contribution in [2.75, 3.05) is 6.67 Å². The number of aromatic nitrogens is 1. The summed E-state index contributed by atoms with van der Waals surface area (Å²) in [5, 5.41) is 9.81. The standard InChI is InChI=1S/C15H17FN2O/c1-10-2-3-13(9-18-10)11-4-6-12(7-5-11)15(19)14(17)8-16/h2-7,9,14-15,19H,8,17H2,1H3. The SMILES string of the molecule is Cc1ccc(-c2ccc(C(O)C(N)CF)cc2)cn1. The highest BCUT2D eigenvalue weighted by Crippen LogP contribution is 2.22. The van der Waals surface area contributed by atoms with E-state index < -0.39 is 18.8 Å². The molecular formula is C15H17FN2O. The second kappa shape index (κ2) is 5.91. The highest BCUT2D eigenvalue weighted by molar-refractivity contribution is 5.62. The molecule has 0 radical (unpaired) electrons. The Morgan fingerprint density at radius 1 is 1.16 bits per heavy atom. The van der Waals surface area contributed by atoms with E-state index >= 15 is 0 Å². The Labute approximate surface area is 111 Å². The normalized spacial score (nSPS) is 14.1. The molecule has 0 fully saturated rings. The molecule has 2 rings (SSSR count). The minimum atomic E-state index is -0.977. The number of hydrogen-bond donors (Lipinski definition) is 2. The van der Waals surface area contributed by atoms with Gasteiger partial charge >= 0.3 is 0 Å². The lowest BCUT2D eigenvalue weighted by atomic mass is 10.00. The summed E-state index contributed by atoms with van der Waals surface area (Å²) in [4.78, 5) is 4.24. The molecule has 1 aromatic heterocycles. The molecule has 0 aliphatic heterocycles. The maximum absolute atomic E-state index is 12.4. The van der Waals surface area contributed by atoms with Crippen LogP contribution in [0.5, 0.6) is 0 Å². The van der Waals surface area contributed by atoms with Gasteiger partial charge in [0.05, 0.1) is 12.1 Å². The summed E-state index contributed by atoms with van der Waals surface area (Å²) in [6.07, 6.45) is 0.823. The van der Waals surface area contributed by atoms with Gasteiger partial charge in [0.15, 0.2) is 0 Å². The Balaban J connectivity index is 2.21. The van der Waals surface area contributed by atoms with Crippen LogP contribution in [-0.4, -0.2) is 22.8 Å². The van der Waals surface area contributed by atoms with E-state index in [0.717, 1.165) is 16.8 Å². The van der Waals surface area contributed by atoms with Crippen LogP contribution in [0, 0.1) is 6.92 Å². The van der Waals surface area contributed by atoms with Crippen molar-refractivity contribution in [3.63, 3.8) is 0 Å². The van der Waals surface area contributed by atoms with Gasteiger partial charge in [-0.2, -0.15) is 0 Å². The Kier molecular flexibility index (Phi) is 4.24. The molecule has 0 spiro atoms. The minimum Gasteiger partial charge on any atom is -0.387 e. The van der Waals surface area contributed by atoms with Crippen LogP contribution in [0.1, 0.15) is 17.4 Å². The van der Waals surface area contributed by atoms with Crippen LogP contribution in [-0.2, 0) is 0 Å². The van der Waals surface area contributed by atoms with Crippen LogP contribution >= 0.6 is 0 Å². The lowest BCUT2D eigenvalue weighted by Crippen LogP contribution is -2.30. The molecule has 19 heavy (non-hydrogen) atoms. The summed E-state index contributed by atoms with van der Waals surface area (Å²) in [5.74, 6) is 0. The van der Waals surface area contributed by atoms with E-state index in [2.05, 4.69) is 4.98 Å². The predicted octanol–water partition coefficient (Wildman–Crippen LogP) is 2.39. The van der Waals surface area contributed by atoms with Crippen molar-refractivity contribution in [3.8, 4) is 11.1 Å². The van der Waals surface area contributed by atoms with Gasteiger partial charge < -0.3 is 10.8 Å². The van der Waals surface area contributed by atoms with Gasteiger partial charge in [0.25, 0.3) is 0 Å². The average Bonchev–Trinajstić information content (AvgIpc) is 2.46. The largest absolute Gasteiger partial charge is 0.387 e. The fraction of sp³-hybridized carbons (Fsp3) is 0.267. The van der Waals surface area contributed by atoms with Gasteiger partial charge in [-0.25, -0.2) is 4.39 Å². The Bertz CT molecular complexity index is 525. The van der Waals surface area contributed by atoms with Crippen LogP contribution < -0.4 is 5.73 Å². The number of aliphatic hydroxyl groups excluding tert-OH is 1. The summed E-state index contributed by atoms with van der Waals surface area (Å²) in [7, 11) is 0. The summed E-state index contributed by atoms with van der Waals surface area (Å²) in [6.45, 7) is 1.19. The summed E-state index contributed by atoms with van der Waals surface area (Å²) < 4.78 is 12.4. The highest BCUT2D eigenvalue weighted by Gasteiger charge is 2.16. The van der Waals surface area contributed by atoms with E-state index in [-0.39, 0.29) is 0 Å². The van der Waals surface area contributed by atoms with Gasteiger partial charge in [0.1, 0.15) is 6.67 Å². The average molecular weight is 260 g/mol. The number of hydrogen-bond acceptors (Lipinski definition) is 3. The molecule has 2 atom stereocenters. The zero-order valence-electron chi connectivity index (χ0n) is 10.8. The zero-order valence-corrected chi connectivity index (χ0v) is 10.8. The molecule has 0 amide bonds. The summed E-state index contributed by atoms with van der Waals surface area (Å²) in [6, 6.07) is 10.3. The van der Waals surface area contributed by atoms with Gasteiger partial charge in [0, 0.05) is 17.5 Å². The molecule has 0 bridgehead atoms. The van der Waals surface area contributed by atoms with Crippen molar-refractivity contribution in [1.82, 2.24) is 4.98 Å². The number of nitrogens with two attached hydrogens (primary N) is 1. The smallest absolute Gasteiger partial charge is 0.107 e. The fourth-order valence-electron chi connectivity index (χ4n) is 1.84. The molecule has 0 aliphatic carbocycles. The van der Waals surface area contributed by atoms with Crippen molar-refractivity contribution in [1.29, 1.82) is 0 Å². The molecule has 4 heteroatoms. The lowest BCUT2D eigenvalue weighted by molar-refractivity contribution is 0.132. The third-order valence-corrected chi connectivity index (χ3v) is 3.08. The predicted molar refractivity (Wildman–Crippen MR) is 73.3 cm³/mol. The molecule has 1 heterocycles. The number of nitrogens with zero attached hydrogens (tertiary/aromatic N) is 1. The highest BCUT2D eigenvalue weighted by atomic mass is 19.1. The van der Waals surface area contributed by atoms with Crippen molar-refractivity contribution in [2.24, 2.45) is 5.73 Å². The minimum absolute atomic E-state index is 0.619. The molecule has 100 valence electrons. The third-order valence-electron chi connectivity index (χ3n) is 3.08. The van der Waals surface area contributed by atoms with Crippen LogP contribution in [0.15, 0.2) is 42.6 Å². The second-order valence-electron chi connectivity index (χ2n) is 4.57. The Morgan fingerprint density at radius 3 is 2.32 bits per heavy atom. The monoisotopic (exact) mass is 260 g/mol. The van der Waals surface area contributed by atoms with E-state index in [9.17, 15) is 9.50 Å². The first-order chi connectivity index (χ1) is 9.11. The van der Waals surface area contributed by atoms with Crippen LogP contribution in [0.25, 0.3) is 11.1 Å². The maximum atomic E-state index is 12.4. The van der Waals surface area contributed by atoms with Gasteiger partial charge in [-0.15, -0.1) is 0 Å². The van der Waals surface area contributed by atoms with Crippen molar-refractivity contribution in [2.45, 2.75) is 19.1 Å². The molecule has 0 saturated heterocycles. The van der Waals surface area contributed by atoms with E-state index in [1.165, 1.54) is 0 Å². The number of halogens is 1. The van der Waals surface area contributed by atoms with E-state index in [4.69, 9.17) is 5.73 Å². The number of pyridine rings is 1. The molecule has 0 saturated carbocycles. The molecule has 1 aromatic carbocycles. The van der Waals surface area contributed by atoms with E-state index in [1.54, 1.807) is 18.3 Å². The second-order valence-corrected chi connectivity index (χ2v) is 4.57. The van der Waals surface area contributed by atoms with Crippen LogP contribution in [0.4, 0.5) is 4.39 Å². The quantitative estimate of drug-likeness (QED) is 0.887.